The Kier molecular flexibility index (Phi) is 2.40. The van der Waals surface area contributed by atoms with E-state index in [1.165, 1.54) is 5.56 Å². The fraction of sp³-hybridized carbons (Fsp3) is 0.250. The molecule has 53 valence electrons. The van der Waals surface area contributed by atoms with Crippen LogP contribution in [0.5, 0.6) is 0 Å². The SMILES string of the molecule is CN(C)[CH]c1ccncc1. The number of hydrogen-bond acceptors (Lipinski definition) is 2. The molecule has 0 saturated carbocycles. The minimum Gasteiger partial charge on any atom is -0.301 e. The predicted molar refractivity (Wildman–Crippen MR) is 41.3 cm³/mol. The number of hydrogen-bond donors (Lipinski definition) is 0. The van der Waals surface area contributed by atoms with Crippen LogP contribution in [0, 0.1) is 6.54 Å². The Morgan fingerprint density at radius 1 is 1.30 bits per heavy atom. The summed E-state index contributed by atoms with van der Waals surface area (Å²) in [5, 5.41) is 0. The molecule has 0 fully saturated rings. The van der Waals surface area contributed by atoms with E-state index in [1.54, 1.807) is 12.4 Å². The first-order valence-electron chi connectivity index (χ1n) is 3.20. The average molecular weight is 135 g/mol. The third kappa shape index (κ3) is 2.15. The summed E-state index contributed by atoms with van der Waals surface area (Å²) in [5.41, 5.74) is 1.18. The zero-order valence-corrected chi connectivity index (χ0v) is 6.28. The molecule has 0 aliphatic carbocycles. The Balaban J connectivity index is 2.59. The molecular formula is C8H11N2. The summed E-state index contributed by atoms with van der Waals surface area (Å²) in [6, 6.07) is 3.94. The van der Waals surface area contributed by atoms with Gasteiger partial charge in [0.05, 0.1) is 6.54 Å². The van der Waals surface area contributed by atoms with Crippen LogP contribution >= 0.6 is 0 Å². The quantitative estimate of drug-likeness (QED) is 0.604. The molecular weight excluding hydrogens is 124 g/mol. The molecule has 0 saturated heterocycles. The van der Waals surface area contributed by atoms with Crippen molar-refractivity contribution in [1.29, 1.82) is 0 Å². The lowest BCUT2D eigenvalue weighted by molar-refractivity contribution is 0.516. The second-order valence-electron chi connectivity index (χ2n) is 2.37. The second-order valence-corrected chi connectivity index (χ2v) is 2.37. The number of aromatic nitrogens is 1. The third-order valence-corrected chi connectivity index (χ3v) is 1.11. The van der Waals surface area contributed by atoms with Crippen LogP contribution in [0.1, 0.15) is 5.56 Å². The Bertz CT molecular complexity index is 182. The Labute approximate surface area is 61.5 Å². The maximum absolute atomic E-state index is 3.91. The van der Waals surface area contributed by atoms with Gasteiger partial charge >= 0.3 is 0 Å². The second kappa shape index (κ2) is 3.32. The standard InChI is InChI=1S/C8H11N2/c1-10(2)7-8-3-5-9-6-4-8/h3-7H,1-2H3. The van der Waals surface area contributed by atoms with Crippen LogP contribution in [-0.4, -0.2) is 24.0 Å². The van der Waals surface area contributed by atoms with Crippen molar-refractivity contribution in [3.8, 4) is 0 Å². The highest BCUT2D eigenvalue weighted by Gasteiger charge is 1.92. The average Bonchev–Trinajstić information content (AvgIpc) is 1.88. The minimum absolute atomic E-state index is 1.18. The van der Waals surface area contributed by atoms with Crippen LogP contribution in [-0.2, 0) is 0 Å². The van der Waals surface area contributed by atoms with E-state index in [-0.39, 0.29) is 0 Å². The summed E-state index contributed by atoms with van der Waals surface area (Å²) in [4.78, 5) is 5.92. The maximum atomic E-state index is 3.91. The molecule has 0 spiro atoms. The molecule has 1 radical (unpaired) electrons. The van der Waals surface area contributed by atoms with Gasteiger partial charge in [-0.15, -0.1) is 0 Å². The van der Waals surface area contributed by atoms with E-state index < -0.39 is 0 Å². The molecule has 1 aromatic rings. The fourth-order valence-corrected chi connectivity index (χ4v) is 0.748. The zero-order chi connectivity index (χ0) is 7.40. The summed E-state index contributed by atoms with van der Waals surface area (Å²) < 4.78 is 0. The molecule has 2 nitrogen and oxygen atoms in total. The lowest BCUT2D eigenvalue weighted by Gasteiger charge is -2.06. The molecule has 0 unspecified atom stereocenters. The van der Waals surface area contributed by atoms with Gasteiger partial charge in [-0.05, 0) is 31.8 Å². The van der Waals surface area contributed by atoms with Crippen LogP contribution in [0.2, 0.25) is 0 Å². The zero-order valence-electron chi connectivity index (χ0n) is 6.28. The Hall–Kier alpha value is -0.890. The van der Waals surface area contributed by atoms with E-state index in [2.05, 4.69) is 4.98 Å². The molecule has 0 aliphatic rings. The van der Waals surface area contributed by atoms with Crippen LogP contribution in [0.15, 0.2) is 24.5 Å². The minimum atomic E-state index is 1.18. The molecule has 10 heavy (non-hydrogen) atoms. The van der Waals surface area contributed by atoms with Crippen molar-refractivity contribution in [2.24, 2.45) is 0 Å². The first-order valence-corrected chi connectivity index (χ1v) is 3.20. The summed E-state index contributed by atoms with van der Waals surface area (Å²) >= 11 is 0. The normalized spacial score (nSPS) is 10.3. The maximum Gasteiger partial charge on any atom is 0.0541 e. The fourth-order valence-electron chi connectivity index (χ4n) is 0.748. The van der Waals surface area contributed by atoms with Gasteiger partial charge in [0.1, 0.15) is 0 Å². The molecule has 0 aliphatic heterocycles. The van der Waals surface area contributed by atoms with E-state index in [0.29, 0.717) is 0 Å². The highest BCUT2D eigenvalue weighted by atomic mass is 15.0. The molecule has 2 heteroatoms. The molecule has 1 aromatic heterocycles. The smallest absolute Gasteiger partial charge is 0.0541 e. The lowest BCUT2D eigenvalue weighted by Crippen LogP contribution is -2.07. The first-order chi connectivity index (χ1) is 4.79. The van der Waals surface area contributed by atoms with Gasteiger partial charge in [-0.25, -0.2) is 0 Å². The highest BCUT2D eigenvalue weighted by Crippen LogP contribution is 2.00. The van der Waals surface area contributed by atoms with Crippen LogP contribution < -0.4 is 0 Å². The summed E-state index contributed by atoms with van der Waals surface area (Å²) in [6.45, 7) is 2.04. The summed E-state index contributed by atoms with van der Waals surface area (Å²) in [5.74, 6) is 0. The van der Waals surface area contributed by atoms with E-state index >= 15 is 0 Å². The van der Waals surface area contributed by atoms with Gasteiger partial charge in [-0.1, -0.05) is 0 Å². The van der Waals surface area contributed by atoms with Crippen molar-refractivity contribution < 1.29 is 0 Å². The van der Waals surface area contributed by atoms with Crippen LogP contribution in [0.3, 0.4) is 0 Å². The molecule has 1 rings (SSSR count). The molecule has 0 N–H and O–H groups in total. The van der Waals surface area contributed by atoms with E-state index in [0.717, 1.165) is 0 Å². The summed E-state index contributed by atoms with van der Waals surface area (Å²) in [7, 11) is 4.00. The molecule has 0 amide bonds. The van der Waals surface area contributed by atoms with E-state index in [9.17, 15) is 0 Å². The monoisotopic (exact) mass is 135 g/mol. The number of pyridine rings is 1. The van der Waals surface area contributed by atoms with Gasteiger partial charge in [0, 0.05) is 12.4 Å². The van der Waals surface area contributed by atoms with E-state index in [4.69, 9.17) is 0 Å². The first kappa shape index (κ1) is 7.22. The van der Waals surface area contributed by atoms with Crippen molar-refractivity contribution >= 4 is 0 Å². The summed E-state index contributed by atoms with van der Waals surface area (Å²) in [6.07, 6.45) is 3.57. The van der Waals surface area contributed by atoms with Crippen LogP contribution in [0.4, 0.5) is 0 Å². The lowest BCUT2D eigenvalue weighted by atomic mass is 10.3. The number of nitrogens with zero attached hydrogens (tertiary/aromatic N) is 2. The van der Waals surface area contributed by atoms with Gasteiger partial charge < -0.3 is 4.90 Å². The van der Waals surface area contributed by atoms with Gasteiger partial charge in [0.2, 0.25) is 0 Å². The Morgan fingerprint density at radius 2 is 1.90 bits per heavy atom. The van der Waals surface area contributed by atoms with Crippen molar-refractivity contribution in [3.05, 3.63) is 36.6 Å². The predicted octanol–water partition coefficient (Wildman–Crippen LogP) is 1.15. The van der Waals surface area contributed by atoms with Gasteiger partial charge in [0.15, 0.2) is 0 Å². The van der Waals surface area contributed by atoms with Crippen molar-refractivity contribution in [2.45, 2.75) is 0 Å². The number of rotatable bonds is 2. The molecule has 0 bridgehead atoms. The highest BCUT2D eigenvalue weighted by molar-refractivity contribution is 5.17. The third-order valence-electron chi connectivity index (χ3n) is 1.11. The van der Waals surface area contributed by atoms with Crippen molar-refractivity contribution in [1.82, 2.24) is 9.88 Å². The van der Waals surface area contributed by atoms with Crippen molar-refractivity contribution in [2.75, 3.05) is 14.1 Å². The van der Waals surface area contributed by atoms with Gasteiger partial charge in [0.25, 0.3) is 0 Å². The van der Waals surface area contributed by atoms with E-state index in [1.807, 2.05) is 37.7 Å². The Morgan fingerprint density at radius 3 is 2.40 bits per heavy atom. The topological polar surface area (TPSA) is 16.1 Å². The molecule has 1 heterocycles. The van der Waals surface area contributed by atoms with Crippen molar-refractivity contribution in [3.63, 3.8) is 0 Å². The van der Waals surface area contributed by atoms with Crippen LogP contribution in [0.25, 0.3) is 0 Å². The van der Waals surface area contributed by atoms with Gasteiger partial charge in [-0.2, -0.15) is 0 Å². The van der Waals surface area contributed by atoms with Gasteiger partial charge in [-0.3, -0.25) is 4.98 Å². The largest absolute Gasteiger partial charge is 0.301 e. The molecule has 0 atom stereocenters. The molecule has 0 aromatic carbocycles.